The van der Waals surface area contributed by atoms with E-state index in [1.807, 2.05) is 0 Å². The second kappa shape index (κ2) is 13.2. The zero-order chi connectivity index (χ0) is 36.3. The fourth-order valence-electron chi connectivity index (χ4n) is 10.6. The van der Waals surface area contributed by atoms with Crippen LogP contribution in [0.1, 0.15) is 71.9 Å². The number of anilines is 4. The number of rotatable bonds is 5. The maximum atomic E-state index is 2.57. The van der Waals surface area contributed by atoms with Crippen molar-refractivity contribution in [3.8, 4) is 22.3 Å². The van der Waals surface area contributed by atoms with Gasteiger partial charge in [-0.2, -0.15) is 0 Å². The third-order valence-electron chi connectivity index (χ3n) is 13.2. The molecule has 0 saturated heterocycles. The van der Waals surface area contributed by atoms with E-state index in [9.17, 15) is 0 Å². The number of nitrogens with zero attached hydrogens (tertiary/aromatic N) is 2. The van der Waals surface area contributed by atoms with Crippen LogP contribution >= 0.6 is 0 Å². The van der Waals surface area contributed by atoms with Gasteiger partial charge in [0, 0.05) is 46.6 Å². The molecule has 0 atom stereocenters. The molecule has 7 aromatic rings. The summed E-state index contributed by atoms with van der Waals surface area (Å²) in [6.45, 7) is 2.14. The van der Waals surface area contributed by atoms with Crippen LogP contribution < -0.4 is 9.80 Å². The molecular formula is C53H46N2. The molecule has 0 aromatic heterocycles. The van der Waals surface area contributed by atoms with Gasteiger partial charge < -0.3 is 9.80 Å². The van der Waals surface area contributed by atoms with Crippen LogP contribution in [0.15, 0.2) is 146 Å². The van der Waals surface area contributed by atoms with Gasteiger partial charge in [0.2, 0.25) is 0 Å². The summed E-state index contributed by atoms with van der Waals surface area (Å²) in [7, 11) is 0. The van der Waals surface area contributed by atoms with E-state index in [1.165, 1.54) is 129 Å². The average molecular weight is 711 g/mol. The molecule has 2 nitrogen and oxygen atoms in total. The molecule has 2 heteroatoms. The third kappa shape index (κ3) is 5.37. The monoisotopic (exact) mass is 710 g/mol. The first-order valence-electron chi connectivity index (χ1n) is 20.5. The van der Waals surface area contributed by atoms with Crippen LogP contribution in [-0.4, -0.2) is 13.1 Å². The van der Waals surface area contributed by atoms with Gasteiger partial charge in [-0.25, -0.2) is 0 Å². The van der Waals surface area contributed by atoms with E-state index in [2.05, 4.69) is 168 Å². The summed E-state index contributed by atoms with van der Waals surface area (Å²) >= 11 is 0. The molecule has 2 aliphatic heterocycles. The minimum absolute atomic E-state index is 0.122. The van der Waals surface area contributed by atoms with E-state index in [1.54, 1.807) is 5.56 Å². The molecule has 2 heterocycles. The minimum atomic E-state index is 0.122. The first-order valence-corrected chi connectivity index (χ1v) is 20.5. The highest BCUT2D eigenvalue weighted by molar-refractivity contribution is 6.05. The fourth-order valence-corrected chi connectivity index (χ4v) is 10.6. The van der Waals surface area contributed by atoms with Gasteiger partial charge in [0.05, 0.1) is 0 Å². The fraction of sp³-hybridized carbons (Fsp3) is 0.208. The quantitative estimate of drug-likeness (QED) is 0.164. The molecule has 2 aliphatic carbocycles. The lowest BCUT2D eigenvalue weighted by Gasteiger charge is -2.33. The van der Waals surface area contributed by atoms with Crippen LogP contribution in [0.25, 0.3) is 45.2 Å². The Hall–Kier alpha value is -5.86. The number of benzene rings is 7. The van der Waals surface area contributed by atoms with Gasteiger partial charge in [0.25, 0.3) is 0 Å². The van der Waals surface area contributed by atoms with Crippen molar-refractivity contribution in [1.82, 2.24) is 0 Å². The second-order valence-corrected chi connectivity index (χ2v) is 16.2. The Labute approximate surface area is 325 Å². The van der Waals surface area contributed by atoms with Crippen LogP contribution in [0, 0.1) is 0 Å². The van der Waals surface area contributed by atoms with Crippen molar-refractivity contribution in [3.63, 3.8) is 0 Å². The van der Waals surface area contributed by atoms with Crippen LogP contribution in [0.4, 0.5) is 22.7 Å². The van der Waals surface area contributed by atoms with Gasteiger partial charge in [0.1, 0.15) is 0 Å². The SMILES string of the molecule is C(=Cc1ccc2c(c1)C1(CCCC1)c1cc(N3CCCc4ccccc43)ccc1-2)c1ccc(-c2ccc(N3CCCc4ccccc43)c3ccccc23)cc1. The summed E-state index contributed by atoms with van der Waals surface area (Å²) < 4.78 is 0. The van der Waals surface area contributed by atoms with Gasteiger partial charge in [0.15, 0.2) is 0 Å². The van der Waals surface area contributed by atoms with Gasteiger partial charge in [-0.15, -0.1) is 0 Å². The average Bonchev–Trinajstić information content (AvgIpc) is 3.85. The first-order chi connectivity index (χ1) is 27.2. The second-order valence-electron chi connectivity index (χ2n) is 16.2. The van der Waals surface area contributed by atoms with Gasteiger partial charge in [-0.1, -0.05) is 140 Å². The first kappa shape index (κ1) is 32.6. The van der Waals surface area contributed by atoms with Gasteiger partial charge in [-0.3, -0.25) is 0 Å². The molecule has 1 spiro atoms. The van der Waals surface area contributed by atoms with Crippen LogP contribution in [0.2, 0.25) is 0 Å². The molecule has 1 saturated carbocycles. The molecule has 0 radical (unpaired) electrons. The summed E-state index contributed by atoms with van der Waals surface area (Å²) in [4.78, 5) is 5.09. The van der Waals surface area contributed by atoms with Crippen LogP contribution in [-0.2, 0) is 18.3 Å². The predicted molar refractivity (Wildman–Crippen MR) is 233 cm³/mol. The van der Waals surface area contributed by atoms with E-state index in [0.29, 0.717) is 0 Å². The van der Waals surface area contributed by atoms with Crippen molar-refractivity contribution in [1.29, 1.82) is 0 Å². The summed E-state index contributed by atoms with van der Waals surface area (Å²) in [6.07, 6.45) is 14.4. The molecule has 0 amide bonds. The molecule has 0 unspecified atom stereocenters. The van der Waals surface area contributed by atoms with E-state index in [4.69, 9.17) is 0 Å². The summed E-state index contributed by atoms with van der Waals surface area (Å²) in [5, 5.41) is 2.62. The number of hydrogen-bond donors (Lipinski definition) is 0. The van der Waals surface area contributed by atoms with E-state index in [0.717, 1.165) is 19.5 Å². The van der Waals surface area contributed by atoms with Gasteiger partial charge in [-0.05, 0) is 130 Å². The van der Waals surface area contributed by atoms with Crippen LogP contribution in [0.3, 0.4) is 0 Å². The maximum Gasteiger partial charge on any atom is 0.0490 e. The Morgan fingerprint density at radius 3 is 1.78 bits per heavy atom. The van der Waals surface area contributed by atoms with Crippen molar-refractivity contribution >= 4 is 45.7 Å². The largest absolute Gasteiger partial charge is 0.341 e. The minimum Gasteiger partial charge on any atom is -0.341 e. The summed E-state index contributed by atoms with van der Waals surface area (Å²) in [6, 6.07) is 55.2. The van der Waals surface area contributed by atoms with Crippen LogP contribution in [0.5, 0.6) is 0 Å². The number of para-hydroxylation sites is 2. The molecule has 268 valence electrons. The topological polar surface area (TPSA) is 6.48 Å². The molecule has 4 aliphatic rings. The number of aryl methyl sites for hydroxylation is 2. The van der Waals surface area contributed by atoms with Crippen molar-refractivity contribution in [3.05, 3.63) is 179 Å². The van der Waals surface area contributed by atoms with Crippen molar-refractivity contribution in [2.24, 2.45) is 0 Å². The Morgan fingerprint density at radius 2 is 1.02 bits per heavy atom. The molecule has 55 heavy (non-hydrogen) atoms. The van der Waals surface area contributed by atoms with Crippen molar-refractivity contribution in [2.45, 2.75) is 56.8 Å². The highest BCUT2D eigenvalue weighted by Crippen LogP contribution is 2.58. The Kier molecular flexibility index (Phi) is 7.79. The maximum absolute atomic E-state index is 2.57. The van der Waals surface area contributed by atoms with E-state index < -0.39 is 0 Å². The predicted octanol–water partition coefficient (Wildman–Crippen LogP) is 13.7. The Morgan fingerprint density at radius 1 is 0.436 bits per heavy atom. The zero-order valence-electron chi connectivity index (χ0n) is 31.5. The Balaban J connectivity index is 0.878. The lowest BCUT2D eigenvalue weighted by Crippen LogP contribution is -2.25. The van der Waals surface area contributed by atoms with Crippen molar-refractivity contribution in [2.75, 3.05) is 22.9 Å². The highest BCUT2D eigenvalue weighted by atomic mass is 15.1. The smallest absolute Gasteiger partial charge is 0.0490 e. The Bertz CT molecular complexity index is 2620. The molecule has 11 rings (SSSR count). The van der Waals surface area contributed by atoms with E-state index >= 15 is 0 Å². The summed E-state index contributed by atoms with van der Waals surface area (Å²) in [5.41, 5.74) is 19.5. The molecule has 1 fully saturated rings. The van der Waals surface area contributed by atoms with E-state index in [-0.39, 0.29) is 5.41 Å². The molecule has 0 N–H and O–H groups in total. The summed E-state index contributed by atoms with van der Waals surface area (Å²) in [5.74, 6) is 0. The zero-order valence-corrected chi connectivity index (χ0v) is 31.5. The normalized spacial score (nSPS) is 16.7. The number of hydrogen-bond acceptors (Lipinski definition) is 2. The number of fused-ring (bicyclic) bond motifs is 8. The van der Waals surface area contributed by atoms with Crippen molar-refractivity contribution < 1.29 is 0 Å². The third-order valence-corrected chi connectivity index (χ3v) is 13.2. The molecule has 7 aromatic carbocycles. The lowest BCUT2D eigenvalue weighted by molar-refractivity contribution is 0.549. The standard InChI is InChI=1S/C53H46N2/c1-5-17-50-40(11-1)13-9-33-54(50)42-26-28-46-45-27-23-38(35-48(45)53(49(46)36-42)31-7-8-32-53)20-19-37-21-24-39(25-22-37)43-29-30-52(47-16-4-3-15-44(43)47)55-34-10-14-41-12-2-6-18-51(41)55/h1-6,11-12,15-30,35-36H,7-10,13-14,31-34H2. The molecule has 0 bridgehead atoms. The van der Waals surface area contributed by atoms with Gasteiger partial charge >= 0.3 is 0 Å². The molecular weight excluding hydrogens is 665 g/mol. The highest BCUT2D eigenvalue weighted by Gasteiger charge is 2.45. The lowest BCUT2D eigenvalue weighted by atomic mass is 9.76.